The Hall–Kier alpha value is -1.43. The predicted octanol–water partition coefficient (Wildman–Crippen LogP) is 0.224. The van der Waals surface area contributed by atoms with Crippen LogP contribution in [0.25, 0.3) is 0 Å². The summed E-state index contributed by atoms with van der Waals surface area (Å²) in [5.74, 6) is -1.42. The fourth-order valence-corrected chi connectivity index (χ4v) is 2.99. The fraction of sp³-hybridized carbons (Fsp3) is 0.769. The van der Waals surface area contributed by atoms with Crippen LogP contribution in [0.3, 0.4) is 0 Å². The third-order valence-corrected chi connectivity index (χ3v) is 4.23. The summed E-state index contributed by atoms with van der Waals surface area (Å²) in [5, 5.41) is 12.3. The SMILES string of the molecule is CN1C(=O)CC(NCC2CCCCC2C(=O)O)C1=O. The molecule has 2 aliphatic rings. The van der Waals surface area contributed by atoms with Crippen molar-refractivity contribution in [2.75, 3.05) is 13.6 Å². The molecule has 106 valence electrons. The van der Waals surface area contributed by atoms with Crippen LogP contribution in [0.1, 0.15) is 32.1 Å². The van der Waals surface area contributed by atoms with E-state index in [1.165, 1.54) is 7.05 Å². The second-order valence-electron chi connectivity index (χ2n) is 5.45. The van der Waals surface area contributed by atoms with E-state index in [4.69, 9.17) is 0 Å². The molecule has 3 atom stereocenters. The van der Waals surface area contributed by atoms with Crippen molar-refractivity contribution in [3.63, 3.8) is 0 Å². The van der Waals surface area contributed by atoms with Gasteiger partial charge in [-0.15, -0.1) is 0 Å². The van der Waals surface area contributed by atoms with E-state index in [9.17, 15) is 19.5 Å². The molecule has 1 saturated carbocycles. The van der Waals surface area contributed by atoms with Crippen molar-refractivity contribution in [2.45, 2.75) is 38.1 Å². The molecule has 1 aliphatic carbocycles. The molecule has 1 heterocycles. The summed E-state index contributed by atoms with van der Waals surface area (Å²) >= 11 is 0. The van der Waals surface area contributed by atoms with E-state index in [0.717, 1.165) is 24.2 Å². The van der Waals surface area contributed by atoms with Gasteiger partial charge >= 0.3 is 5.97 Å². The quantitative estimate of drug-likeness (QED) is 0.712. The number of likely N-dealkylation sites (tertiary alicyclic amines) is 1. The molecule has 2 amide bonds. The Labute approximate surface area is 112 Å². The molecule has 0 aromatic rings. The summed E-state index contributed by atoms with van der Waals surface area (Å²) in [7, 11) is 1.48. The number of carbonyl (C=O) groups excluding carboxylic acids is 2. The van der Waals surface area contributed by atoms with Crippen LogP contribution in [-0.2, 0) is 14.4 Å². The standard InChI is InChI=1S/C13H20N2O4/c1-15-11(16)6-10(12(15)17)14-7-8-4-2-3-5-9(8)13(18)19/h8-10,14H,2-7H2,1H3,(H,18,19). The highest BCUT2D eigenvalue weighted by Gasteiger charge is 2.37. The lowest BCUT2D eigenvalue weighted by atomic mass is 9.79. The highest BCUT2D eigenvalue weighted by atomic mass is 16.4. The van der Waals surface area contributed by atoms with Crippen LogP contribution in [0.2, 0.25) is 0 Å². The van der Waals surface area contributed by atoms with Crippen LogP contribution >= 0.6 is 0 Å². The van der Waals surface area contributed by atoms with E-state index in [1.54, 1.807) is 0 Å². The summed E-state index contributed by atoms with van der Waals surface area (Å²) in [6.45, 7) is 0.495. The van der Waals surface area contributed by atoms with Gasteiger partial charge in [-0.25, -0.2) is 0 Å². The van der Waals surface area contributed by atoms with Gasteiger partial charge in [-0.1, -0.05) is 12.8 Å². The first kappa shape index (κ1) is 14.0. The summed E-state index contributed by atoms with van der Waals surface area (Å²) < 4.78 is 0. The van der Waals surface area contributed by atoms with Gasteiger partial charge in [0.05, 0.1) is 18.4 Å². The first-order valence-electron chi connectivity index (χ1n) is 6.77. The van der Waals surface area contributed by atoms with Crippen LogP contribution in [0, 0.1) is 11.8 Å². The predicted molar refractivity (Wildman–Crippen MR) is 67.3 cm³/mol. The van der Waals surface area contributed by atoms with Gasteiger partial charge in [-0.05, 0) is 25.3 Å². The van der Waals surface area contributed by atoms with E-state index >= 15 is 0 Å². The van der Waals surface area contributed by atoms with Crippen LogP contribution in [-0.4, -0.2) is 47.4 Å². The monoisotopic (exact) mass is 268 g/mol. The molecule has 0 radical (unpaired) electrons. The number of carbonyl (C=O) groups is 3. The van der Waals surface area contributed by atoms with Crippen molar-refractivity contribution >= 4 is 17.8 Å². The zero-order valence-electron chi connectivity index (χ0n) is 11.1. The van der Waals surface area contributed by atoms with E-state index < -0.39 is 12.0 Å². The van der Waals surface area contributed by atoms with Crippen LogP contribution < -0.4 is 5.32 Å². The topological polar surface area (TPSA) is 86.7 Å². The van der Waals surface area contributed by atoms with Gasteiger partial charge in [0.2, 0.25) is 11.8 Å². The summed E-state index contributed by atoms with van der Waals surface area (Å²) in [6.07, 6.45) is 3.75. The second kappa shape index (κ2) is 5.69. The van der Waals surface area contributed by atoms with Gasteiger partial charge in [0.1, 0.15) is 0 Å². The average molecular weight is 268 g/mol. The number of rotatable bonds is 4. The summed E-state index contributed by atoms with van der Waals surface area (Å²) in [6, 6.07) is -0.478. The molecule has 2 N–H and O–H groups in total. The number of likely N-dealkylation sites (N-methyl/N-ethyl adjacent to an activating group) is 1. The molecular formula is C13H20N2O4. The van der Waals surface area contributed by atoms with Gasteiger partial charge in [0, 0.05) is 7.05 Å². The Morgan fingerprint density at radius 3 is 2.63 bits per heavy atom. The molecule has 6 nitrogen and oxygen atoms in total. The maximum atomic E-state index is 11.7. The average Bonchev–Trinajstić information content (AvgIpc) is 2.64. The minimum absolute atomic E-state index is 0.0556. The maximum absolute atomic E-state index is 11.7. The van der Waals surface area contributed by atoms with Crippen molar-refractivity contribution in [3.8, 4) is 0 Å². The Balaban J connectivity index is 1.89. The number of carboxylic acid groups (broad SMARTS) is 1. The van der Waals surface area contributed by atoms with Crippen LogP contribution in [0.15, 0.2) is 0 Å². The molecule has 0 aromatic carbocycles. The number of aliphatic carboxylic acids is 1. The van der Waals surface area contributed by atoms with E-state index in [-0.39, 0.29) is 30.1 Å². The zero-order valence-corrected chi connectivity index (χ0v) is 11.1. The van der Waals surface area contributed by atoms with Gasteiger partial charge in [-0.3, -0.25) is 19.3 Å². The van der Waals surface area contributed by atoms with Gasteiger partial charge < -0.3 is 10.4 Å². The zero-order chi connectivity index (χ0) is 14.0. The third-order valence-electron chi connectivity index (χ3n) is 4.23. The van der Waals surface area contributed by atoms with Crippen molar-refractivity contribution in [3.05, 3.63) is 0 Å². The lowest BCUT2D eigenvalue weighted by Crippen LogP contribution is -2.42. The van der Waals surface area contributed by atoms with Gasteiger partial charge in [0.15, 0.2) is 0 Å². The van der Waals surface area contributed by atoms with Crippen molar-refractivity contribution in [2.24, 2.45) is 11.8 Å². The van der Waals surface area contributed by atoms with Gasteiger partial charge in [-0.2, -0.15) is 0 Å². The Bertz CT molecular complexity index is 396. The Kier molecular flexibility index (Phi) is 4.19. The number of hydrogen-bond acceptors (Lipinski definition) is 4. The number of carboxylic acids is 1. The highest BCUT2D eigenvalue weighted by molar-refractivity contribution is 6.05. The number of amides is 2. The highest BCUT2D eigenvalue weighted by Crippen LogP contribution is 2.30. The second-order valence-corrected chi connectivity index (χ2v) is 5.45. The largest absolute Gasteiger partial charge is 0.481 e. The maximum Gasteiger partial charge on any atom is 0.306 e. The smallest absolute Gasteiger partial charge is 0.306 e. The van der Waals surface area contributed by atoms with E-state index in [1.807, 2.05) is 0 Å². The molecule has 0 aromatic heterocycles. The van der Waals surface area contributed by atoms with E-state index in [0.29, 0.717) is 13.0 Å². The minimum atomic E-state index is -0.752. The molecule has 6 heteroatoms. The lowest BCUT2D eigenvalue weighted by molar-refractivity contribution is -0.144. The fourth-order valence-electron chi connectivity index (χ4n) is 2.99. The van der Waals surface area contributed by atoms with Crippen molar-refractivity contribution in [1.82, 2.24) is 10.2 Å². The van der Waals surface area contributed by atoms with Crippen molar-refractivity contribution in [1.29, 1.82) is 0 Å². The molecule has 2 fully saturated rings. The van der Waals surface area contributed by atoms with Crippen molar-refractivity contribution < 1.29 is 19.5 Å². The minimum Gasteiger partial charge on any atom is -0.481 e. The number of nitrogens with one attached hydrogen (secondary N) is 1. The Morgan fingerprint density at radius 1 is 1.37 bits per heavy atom. The number of imide groups is 1. The molecule has 19 heavy (non-hydrogen) atoms. The van der Waals surface area contributed by atoms with Crippen LogP contribution in [0.5, 0.6) is 0 Å². The number of nitrogens with zero attached hydrogens (tertiary/aromatic N) is 1. The van der Waals surface area contributed by atoms with Crippen LogP contribution in [0.4, 0.5) is 0 Å². The van der Waals surface area contributed by atoms with Gasteiger partial charge in [0.25, 0.3) is 0 Å². The molecule has 0 spiro atoms. The lowest BCUT2D eigenvalue weighted by Gasteiger charge is -2.29. The Morgan fingerprint density at radius 2 is 2.05 bits per heavy atom. The normalized spacial score (nSPS) is 31.8. The molecular weight excluding hydrogens is 248 g/mol. The van der Waals surface area contributed by atoms with E-state index in [2.05, 4.69) is 5.32 Å². The molecule has 1 aliphatic heterocycles. The molecule has 0 bridgehead atoms. The number of hydrogen-bond donors (Lipinski definition) is 2. The first-order valence-corrected chi connectivity index (χ1v) is 6.77. The molecule has 1 saturated heterocycles. The molecule has 3 unspecified atom stereocenters. The summed E-state index contributed by atoms with van der Waals surface area (Å²) in [5.41, 5.74) is 0. The first-order chi connectivity index (χ1) is 9.00. The third kappa shape index (κ3) is 2.94. The summed E-state index contributed by atoms with van der Waals surface area (Å²) in [4.78, 5) is 35.4. The molecule has 2 rings (SSSR count).